The van der Waals surface area contributed by atoms with Crippen LogP contribution in [0.1, 0.15) is 72.3 Å². The summed E-state index contributed by atoms with van der Waals surface area (Å²) in [6, 6.07) is 13.1. The van der Waals surface area contributed by atoms with E-state index in [1.165, 1.54) is 33.7 Å². The third kappa shape index (κ3) is 5.75. The predicted octanol–water partition coefficient (Wildman–Crippen LogP) is 9.44. The molecule has 0 spiro atoms. The van der Waals surface area contributed by atoms with Gasteiger partial charge in [-0.1, -0.05) is 100 Å². The molecule has 0 aliphatic rings. The molecule has 0 bridgehead atoms. The summed E-state index contributed by atoms with van der Waals surface area (Å²) in [5.41, 5.74) is 3.39. The number of hydrogen-bond donors (Lipinski definition) is 0. The maximum Gasteiger partial charge on any atom is 0.200 e. The molecule has 0 aliphatic heterocycles. The fourth-order valence-electron chi connectivity index (χ4n) is 5.12. The lowest BCUT2D eigenvalue weighted by atomic mass is 9.93. The summed E-state index contributed by atoms with van der Waals surface area (Å²) in [6.45, 7) is 15.1. The molecule has 0 amide bonds. The fourth-order valence-corrected chi connectivity index (χ4v) is 12.1. The number of halogens is 2. The summed E-state index contributed by atoms with van der Waals surface area (Å²) in [4.78, 5) is 0. The van der Waals surface area contributed by atoms with Crippen LogP contribution in [0.3, 0.4) is 0 Å². The molecular weight excluding hydrogens is 504 g/mol. The average Bonchev–Trinajstić information content (AvgIpc) is 2.68. The minimum atomic E-state index is -1.73. The first-order valence-corrected chi connectivity index (χ1v) is 15.2. The average molecular weight is 542 g/mol. The molecule has 0 fully saturated rings. The molecule has 0 aliphatic carbocycles. The van der Waals surface area contributed by atoms with E-state index in [9.17, 15) is 0 Å². The molecule has 162 valence electrons. The van der Waals surface area contributed by atoms with E-state index in [2.05, 4.69) is 110 Å². The molecule has 1 nitrogen and oxygen atoms in total. The molecule has 0 aromatic heterocycles. The van der Waals surface area contributed by atoms with Gasteiger partial charge in [0.25, 0.3) is 0 Å². The Morgan fingerprint density at radius 1 is 0.862 bits per heavy atom. The van der Waals surface area contributed by atoms with E-state index in [1.54, 1.807) is 0 Å². The number of unbranched alkanes of at least 4 members (excludes halogenated alkanes) is 1. The largest absolute Gasteiger partial charge is 0.416 e. The molecule has 0 radical (unpaired) electrons. The highest BCUT2D eigenvalue weighted by atomic mass is 79.9. The van der Waals surface area contributed by atoms with Crippen LogP contribution < -0.4 is 0 Å². The number of rotatable bonds is 11. The number of hydrogen-bond acceptors (Lipinski definition) is 1. The zero-order valence-electron chi connectivity index (χ0n) is 19.0. The van der Waals surface area contributed by atoms with Crippen LogP contribution in [-0.4, -0.2) is 20.3 Å². The van der Waals surface area contributed by atoms with Gasteiger partial charge in [-0.15, -0.1) is 0 Å². The van der Waals surface area contributed by atoms with Gasteiger partial charge in [0.2, 0.25) is 0 Å². The molecule has 0 N–H and O–H groups in total. The highest BCUT2D eigenvalue weighted by Crippen LogP contribution is 2.42. The Morgan fingerprint density at radius 3 is 2.07 bits per heavy atom. The van der Waals surface area contributed by atoms with Crippen molar-refractivity contribution >= 4 is 50.9 Å². The molecule has 0 saturated carbocycles. The summed E-state index contributed by atoms with van der Waals surface area (Å²) < 4.78 is 7.99. The van der Waals surface area contributed by atoms with Gasteiger partial charge in [-0.25, -0.2) is 0 Å². The highest BCUT2D eigenvalue weighted by molar-refractivity contribution is 9.10. The lowest BCUT2D eigenvalue weighted by Crippen LogP contribution is -2.47. The highest BCUT2D eigenvalue weighted by Gasteiger charge is 2.44. The van der Waals surface area contributed by atoms with E-state index in [0.717, 1.165) is 18.4 Å². The number of benzene rings is 2. The first-order valence-electron chi connectivity index (χ1n) is 11.1. The van der Waals surface area contributed by atoms with Crippen molar-refractivity contribution < 1.29 is 4.43 Å². The van der Waals surface area contributed by atoms with Crippen LogP contribution in [0.25, 0.3) is 10.8 Å². The van der Waals surface area contributed by atoms with Crippen molar-refractivity contribution in [3.05, 3.63) is 46.4 Å². The smallest absolute Gasteiger partial charge is 0.200 e. The van der Waals surface area contributed by atoms with Crippen molar-refractivity contribution in [2.24, 2.45) is 0 Å². The Labute approximate surface area is 196 Å². The van der Waals surface area contributed by atoms with Gasteiger partial charge in [0.1, 0.15) is 0 Å². The molecule has 0 heterocycles. The van der Waals surface area contributed by atoms with Crippen molar-refractivity contribution in [1.82, 2.24) is 0 Å². The third-order valence-corrected chi connectivity index (χ3v) is 14.3. The summed E-state index contributed by atoms with van der Waals surface area (Å²) in [5.74, 6) is 0.524. The van der Waals surface area contributed by atoms with Gasteiger partial charge >= 0.3 is 0 Å². The Hall–Kier alpha value is -0.163. The van der Waals surface area contributed by atoms with Gasteiger partial charge in [0.05, 0.1) is 0 Å². The minimum absolute atomic E-state index is 0.524. The lowest BCUT2D eigenvalue weighted by molar-refractivity contribution is 0.267. The standard InChI is InChI=1S/C25H38Br2OSi/c1-18(2)29(19(3)4,20(5)6)28-16-10-9-12-22(17-26)24-15-14-21-11-7-8-13-23(21)25(24)27/h7-8,11,13-15,18-20,22H,9-10,12,16-17H2,1-6H3. The van der Waals surface area contributed by atoms with Gasteiger partial charge in [-0.3, -0.25) is 0 Å². The maximum absolute atomic E-state index is 6.73. The van der Waals surface area contributed by atoms with E-state index in [1.807, 2.05) is 0 Å². The van der Waals surface area contributed by atoms with Crippen molar-refractivity contribution in [2.75, 3.05) is 11.9 Å². The molecule has 2 aromatic carbocycles. The first-order chi connectivity index (χ1) is 13.8. The molecule has 2 rings (SSSR count). The Balaban J connectivity index is 1.98. The van der Waals surface area contributed by atoms with Crippen molar-refractivity contribution in [1.29, 1.82) is 0 Å². The van der Waals surface area contributed by atoms with E-state index >= 15 is 0 Å². The lowest BCUT2D eigenvalue weighted by Gasteiger charge is -2.42. The fraction of sp³-hybridized carbons (Fsp3) is 0.600. The van der Waals surface area contributed by atoms with Crippen LogP contribution in [0.2, 0.25) is 16.6 Å². The van der Waals surface area contributed by atoms with Crippen LogP contribution in [-0.2, 0) is 4.43 Å². The third-order valence-electron chi connectivity index (χ3n) is 6.53. The topological polar surface area (TPSA) is 9.23 Å². The van der Waals surface area contributed by atoms with E-state index < -0.39 is 8.32 Å². The van der Waals surface area contributed by atoms with Gasteiger partial charge < -0.3 is 4.43 Å². The summed E-state index contributed by atoms with van der Waals surface area (Å²) in [5, 5.41) is 3.59. The minimum Gasteiger partial charge on any atom is -0.416 e. The summed E-state index contributed by atoms with van der Waals surface area (Å²) >= 11 is 7.64. The van der Waals surface area contributed by atoms with Crippen LogP contribution in [0.5, 0.6) is 0 Å². The van der Waals surface area contributed by atoms with E-state index in [4.69, 9.17) is 4.43 Å². The number of fused-ring (bicyclic) bond motifs is 1. The monoisotopic (exact) mass is 540 g/mol. The zero-order valence-corrected chi connectivity index (χ0v) is 23.1. The summed E-state index contributed by atoms with van der Waals surface area (Å²) in [7, 11) is -1.73. The summed E-state index contributed by atoms with van der Waals surface area (Å²) in [6.07, 6.45) is 3.54. The Morgan fingerprint density at radius 2 is 1.48 bits per heavy atom. The Bertz CT molecular complexity index is 751. The van der Waals surface area contributed by atoms with E-state index in [-0.39, 0.29) is 0 Å². The molecule has 1 atom stereocenters. The van der Waals surface area contributed by atoms with E-state index in [0.29, 0.717) is 22.5 Å². The van der Waals surface area contributed by atoms with Crippen molar-refractivity contribution in [2.45, 2.75) is 83.3 Å². The quantitative estimate of drug-likeness (QED) is 0.156. The van der Waals surface area contributed by atoms with Crippen molar-refractivity contribution in [3.63, 3.8) is 0 Å². The van der Waals surface area contributed by atoms with Gasteiger partial charge in [-0.05, 0) is 67.6 Å². The molecule has 29 heavy (non-hydrogen) atoms. The van der Waals surface area contributed by atoms with Gasteiger partial charge in [-0.2, -0.15) is 0 Å². The second-order valence-electron chi connectivity index (χ2n) is 9.20. The van der Waals surface area contributed by atoms with Crippen LogP contribution in [0.4, 0.5) is 0 Å². The van der Waals surface area contributed by atoms with Gasteiger partial charge in [0.15, 0.2) is 8.32 Å². The second kappa shape index (κ2) is 11.5. The number of alkyl halides is 1. The Kier molecular flexibility index (Phi) is 9.91. The van der Waals surface area contributed by atoms with Crippen LogP contribution in [0.15, 0.2) is 40.9 Å². The maximum atomic E-state index is 6.73. The zero-order chi connectivity index (χ0) is 21.6. The SMILES string of the molecule is CC(C)[Si](OCCCCC(CBr)c1ccc2ccccc2c1Br)(C(C)C)C(C)C. The molecule has 2 aromatic rings. The molecule has 1 unspecified atom stereocenters. The normalized spacial score (nSPS) is 13.8. The van der Waals surface area contributed by atoms with Gasteiger partial charge in [0, 0.05) is 16.4 Å². The van der Waals surface area contributed by atoms with Crippen LogP contribution in [0, 0.1) is 0 Å². The molecular formula is C25H38Br2OSi. The van der Waals surface area contributed by atoms with Crippen molar-refractivity contribution in [3.8, 4) is 0 Å². The molecule has 0 saturated heterocycles. The first kappa shape index (κ1) is 25.1. The van der Waals surface area contributed by atoms with Crippen LogP contribution >= 0.6 is 31.9 Å². The molecule has 4 heteroatoms. The second-order valence-corrected chi connectivity index (χ2v) is 16.1. The predicted molar refractivity (Wildman–Crippen MR) is 139 cm³/mol.